The normalized spacial score (nSPS) is 23.8. The summed E-state index contributed by atoms with van der Waals surface area (Å²) in [7, 11) is 0. The average Bonchev–Trinajstić information content (AvgIpc) is 2.58. The summed E-state index contributed by atoms with van der Waals surface area (Å²) in [5.74, 6) is 1.33. The van der Waals surface area contributed by atoms with Crippen LogP contribution in [0.3, 0.4) is 0 Å². The lowest BCUT2D eigenvalue weighted by molar-refractivity contribution is -0.699. The molecule has 2 heterocycles. The molecule has 2 rings (SSSR count). The summed E-state index contributed by atoms with van der Waals surface area (Å²) < 4.78 is 2.30. The molecule has 0 saturated carbocycles. The fourth-order valence-electron chi connectivity index (χ4n) is 1.40. The van der Waals surface area contributed by atoms with Crippen molar-refractivity contribution in [1.29, 1.82) is 0 Å². The number of nitrogens with zero attached hydrogens (tertiary/aromatic N) is 1. The van der Waals surface area contributed by atoms with Crippen molar-refractivity contribution >= 4 is 11.8 Å². The lowest BCUT2D eigenvalue weighted by atomic mass is 10.3. The molecule has 1 aliphatic heterocycles. The lowest BCUT2D eigenvalue weighted by Crippen LogP contribution is -2.34. The van der Waals surface area contributed by atoms with Crippen LogP contribution in [0.5, 0.6) is 0 Å². The molecular formula is C9H12NS+. The second-order valence-electron chi connectivity index (χ2n) is 2.79. The Balaban J connectivity index is 2.16. The van der Waals surface area contributed by atoms with Crippen molar-refractivity contribution < 1.29 is 4.57 Å². The molecule has 1 nitrogen and oxygen atoms in total. The molecule has 0 bridgehead atoms. The molecule has 0 aliphatic carbocycles. The Labute approximate surface area is 71.4 Å². The third-order valence-electron chi connectivity index (χ3n) is 1.98. The Morgan fingerprint density at radius 3 is 2.64 bits per heavy atom. The first-order valence-electron chi connectivity index (χ1n) is 4.04. The molecule has 58 valence electrons. The van der Waals surface area contributed by atoms with Gasteiger partial charge in [-0.3, -0.25) is 0 Å². The van der Waals surface area contributed by atoms with Crippen LogP contribution in [0.2, 0.25) is 0 Å². The molecule has 0 N–H and O–H groups in total. The molecule has 1 aromatic rings. The second-order valence-corrected chi connectivity index (χ2v) is 4.08. The van der Waals surface area contributed by atoms with Crippen molar-refractivity contribution in [1.82, 2.24) is 0 Å². The monoisotopic (exact) mass is 166 g/mol. The van der Waals surface area contributed by atoms with Crippen molar-refractivity contribution in [2.75, 3.05) is 5.75 Å². The second kappa shape index (κ2) is 3.26. The van der Waals surface area contributed by atoms with Crippen molar-refractivity contribution in [3.05, 3.63) is 30.6 Å². The Hall–Kier alpha value is -0.500. The summed E-state index contributed by atoms with van der Waals surface area (Å²) in [5.41, 5.74) is 0. The summed E-state index contributed by atoms with van der Waals surface area (Å²) in [6.07, 6.45) is 7.02. The van der Waals surface area contributed by atoms with E-state index in [1.165, 1.54) is 18.6 Å². The molecule has 0 radical (unpaired) electrons. The summed E-state index contributed by atoms with van der Waals surface area (Å²) in [5, 5.41) is 0.705. The van der Waals surface area contributed by atoms with Crippen LogP contribution in [0.1, 0.15) is 18.2 Å². The molecule has 0 spiro atoms. The molecule has 1 aromatic heterocycles. The quantitative estimate of drug-likeness (QED) is 0.577. The first-order chi connectivity index (χ1) is 5.47. The van der Waals surface area contributed by atoms with Gasteiger partial charge in [0.15, 0.2) is 12.4 Å². The summed E-state index contributed by atoms with van der Waals surface area (Å²) in [6, 6.07) is 6.26. The molecule has 11 heavy (non-hydrogen) atoms. The molecule has 2 heteroatoms. The number of rotatable bonds is 1. The van der Waals surface area contributed by atoms with E-state index in [-0.39, 0.29) is 0 Å². The fourth-order valence-corrected chi connectivity index (χ4v) is 2.65. The predicted octanol–water partition coefficient (Wildman–Crippen LogP) is 2.00. The minimum atomic E-state index is 0.705. The zero-order chi connectivity index (χ0) is 7.52. The van der Waals surface area contributed by atoms with Crippen LogP contribution in [0.4, 0.5) is 0 Å². The van der Waals surface area contributed by atoms with E-state index in [1.807, 2.05) is 0 Å². The van der Waals surface area contributed by atoms with Crippen LogP contribution in [-0.4, -0.2) is 5.75 Å². The molecule has 1 unspecified atom stereocenters. The zero-order valence-corrected chi connectivity index (χ0v) is 7.26. The molecule has 1 aliphatic rings. The van der Waals surface area contributed by atoms with Crippen LogP contribution >= 0.6 is 11.8 Å². The van der Waals surface area contributed by atoms with E-state index < -0.39 is 0 Å². The lowest BCUT2D eigenvalue weighted by Gasteiger charge is -2.00. The summed E-state index contributed by atoms with van der Waals surface area (Å²) in [6.45, 7) is 0. The summed E-state index contributed by atoms with van der Waals surface area (Å²) >= 11 is 2.06. The molecule has 1 saturated heterocycles. The molecule has 0 amide bonds. The van der Waals surface area contributed by atoms with Crippen LogP contribution < -0.4 is 4.57 Å². The minimum Gasteiger partial charge on any atom is -0.193 e. The van der Waals surface area contributed by atoms with E-state index in [1.54, 1.807) is 0 Å². The van der Waals surface area contributed by atoms with Gasteiger partial charge in [0.1, 0.15) is 0 Å². The number of aromatic nitrogens is 1. The Kier molecular flexibility index (Phi) is 2.13. The Bertz CT molecular complexity index is 216. The highest BCUT2D eigenvalue weighted by Gasteiger charge is 2.22. The van der Waals surface area contributed by atoms with Gasteiger partial charge in [0, 0.05) is 18.6 Å². The van der Waals surface area contributed by atoms with Gasteiger partial charge in [0.2, 0.25) is 5.37 Å². The van der Waals surface area contributed by atoms with Gasteiger partial charge in [-0.05, 0) is 12.2 Å². The first-order valence-corrected chi connectivity index (χ1v) is 5.09. The van der Waals surface area contributed by atoms with Crippen molar-refractivity contribution in [2.24, 2.45) is 0 Å². The van der Waals surface area contributed by atoms with Crippen LogP contribution in [0, 0.1) is 0 Å². The smallest absolute Gasteiger partial charge is 0.193 e. The maximum Gasteiger partial charge on any atom is 0.204 e. The van der Waals surface area contributed by atoms with Gasteiger partial charge in [-0.15, -0.1) is 0 Å². The molecular weight excluding hydrogens is 154 g/mol. The minimum absolute atomic E-state index is 0.705. The van der Waals surface area contributed by atoms with Gasteiger partial charge in [-0.2, -0.15) is 4.57 Å². The van der Waals surface area contributed by atoms with E-state index >= 15 is 0 Å². The number of hydrogen-bond donors (Lipinski definition) is 0. The third-order valence-corrected chi connectivity index (χ3v) is 3.37. The van der Waals surface area contributed by atoms with Crippen molar-refractivity contribution in [3.8, 4) is 0 Å². The van der Waals surface area contributed by atoms with Crippen LogP contribution in [0.15, 0.2) is 30.6 Å². The molecule has 0 aromatic carbocycles. The SMILES string of the molecule is c1cc[n+](C2CCCS2)cc1. The number of hydrogen-bond acceptors (Lipinski definition) is 1. The van der Waals surface area contributed by atoms with Gasteiger partial charge in [0.25, 0.3) is 0 Å². The fraction of sp³-hybridized carbons (Fsp3) is 0.444. The molecule has 1 atom stereocenters. The highest BCUT2D eigenvalue weighted by molar-refractivity contribution is 7.99. The largest absolute Gasteiger partial charge is 0.204 e. The predicted molar refractivity (Wildman–Crippen MR) is 47.4 cm³/mol. The van der Waals surface area contributed by atoms with Gasteiger partial charge >= 0.3 is 0 Å². The van der Waals surface area contributed by atoms with E-state index in [2.05, 4.69) is 46.9 Å². The zero-order valence-electron chi connectivity index (χ0n) is 6.44. The van der Waals surface area contributed by atoms with Gasteiger partial charge < -0.3 is 0 Å². The van der Waals surface area contributed by atoms with E-state index in [4.69, 9.17) is 0 Å². The highest BCUT2D eigenvalue weighted by atomic mass is 32.2. The van der Waals surface area contributed by atoms with E-state index in [0.29, 0.717) is 5.37 Å². The Morgan fingerprint density at radius 2 is 2.00 bits per heavy atom. The molecule has 1 fully saturated rings. The first kappa shape index (κ1) is 7.17. The number of thioether (sulfide) groups is 1. The van der Waals surface area contributed by atoms with Gasteiger partial charge in [-0.1, -0.05) is 17.8 Å². The number of pyridine rings is 1. The van der Waals surface area contributed by atoms with Crippen molar-refractivity contribution in [3.63, 3.8) is 0 Å². The maximum atomic E-state index is 2.30. The van der Waals surface area contributed by atoms with Crippen molar-refractivity contribution in [2.45, 2.75) is 18.2 Å². The van der Waals surface area contributed by atoms with Crippen LogP contribution in [0.25, 0.3) is 0 Å². The highest BCUT2D eigenvalue weighted by Crippen LogP contribution is 2.30. The third kappa shape index (κ3) is 1.56. The van der Waals surface area contributed by atoms with Gasteiger partial charge in [0.05, 0.1) is 0 Å². The van der Waals surface area contributed by atoms with Crippen LogP contribution in [-0.2, 0) is 0 Å². The maximum absolute atomic E-state index is 2.30. The Morgan fingerprint density at radius 1 is 1.18 bits per heavy atom. The average molecular weight is 166 g/mol. The van der Waals surface area contributed by atoms with Gasteiger partial charge in [-0.25, -0.2) is 0 Å². The topological polar surface area (TPSA) is 3.88 Å². The standard InChI is InChI=1S/C9H12NS/c1-2-6-10(7-3-1)9-5-4-8-11-9/h1-3,6-7,9H,4-5,8H2/q+1. The summed E-state index contributed by atoms with van der Waals surface area (Å²) in [4.78, 5) is 0. The van der Waals surface area contributed by atoms with E-state index in [0.717, 1.165) is 0 Å². The van der Waals surface area contributed by atoms with E-state index in [9.17, 15) is 0 Å².